The number of ether oxygens (including phenoxy) is 1. The molecule has 2 rings (SSSR count). The highest BCUT2D eigenvalue weighted by Crippen LogP contribution is 2.45. The summed E-state index contributed by atoms with van der Waals surface area (Å²) < 4.78 is 5.26. The molecule has 1 saturated carbocycles. The van der Waals surface area contributed by atoms with Crippen LogP contribution >= 0.6 is 0 Å². The number of nitrogens with two attached hydrogens (primary N) is 1. The normalized spacial score (nSPS) is 16.5. The summed E-state index contributed by atoms with van der Waals surface area (Å²) in [6.45, 7) is 0.917. The van der Waals surface area contributed by atoms with E-state index >= 15 is 0 Å². The molecule has 1 fully saturated rings. The number of carbonyl (C=O) groups excluding carboxylic acids is 1. The second-order valence-electron chi connectivity index (χ2n) is 4.71. The Morgan fingerprint density at radius 3 is 2.59 bits per heavy atom. The number of esters is 1. The molecule has 1 aromatic rings. The first kappa shape index (κ1) is 12.1. The number of aryl methyl sites for hydroxylation is 1. The Hall–Kier alpha value is -1.35. The van der Waals surface area contributed by atoms with Crippen LogP contribution in [0.3, 0.4) is 0 Å². The number of carbonyl (C=O) groups is 1. The van der Waals surface area contributed by atoms with E-state index in [1.54, 1.807) is 0 Å². The molecule has 92 valence electrons. The summed E-state index contributed by atoms with van der Waals surface area (Å²) in [7, 11) is 0. The minimum atomic E-state index is -0.327. The Kier molecular flexibility index (Phi) is 3.79. The standard InChI is InChI=1S/C14H19NO2/c15-11-14(8-9-14)13(16)17-10-4-7-12-5-2-1-3-6-12/h1-3,5-6H,4,7-11,15H2. The van der Waals surface area contributed by atoms with Crippen LogP contribution in [-0.2, 0) is 16.0 Å². The highest BCUT2D eigenvalue weighted by Gasteiger charge is 2.50. The highest BCUT2D eigenvalue weighted by atomic mass is 16.5. The van der Waals surface area contributed by atoms with Crippen molar-refractivity contribution in [2.45, 2.75) is 25.7 Å². The molecule has 0 heterocycles. The van der Waals surface area contributed by atoms with Gasteiger partial charge in [-0.05, 0) is 31.2 Å². The van der Waals surface area contributed by atoms with Crippen molar-refractivity contribution in [2.24, 2.45) is 11.1 Å². The first-order valence-electron chi connectivity index (χ1n) is 6.18. The highest BCUT2D eigenvalue weighted by molar-refractivity contribution is 5.80. The van der Waals surface area contributed by atoms with Gasteiger partial charge in [-0.3, -0.25) is 4.79 Å². The van der Waals surface area contributed by atoms with Crippen LogP contribution in [0, 0.1) is 5.41 Å². The molecule has 3 nitrogen and oxygen atoms in total. The van der Waals surface area contributed by atoms with Gasteiger partial charge in [0.2, 0.25) is 0 Å². The maximum Gasteiger partial charge on any atom is 0.313 e. The average Bonchev–Trinajstić information content (AvgIpc) is 3.17. The molecule has 0 saturated heterocycles. The van der Waals surface area contributed by atoms with Gasteiger partial charge in [-0.1, -0.05) is 30.3 Å². The Morgan fingerprint density at radius 1 is 1.29 bits per heavy atom. The molecule has 0 amide bonds. The molecule has 0 aliphatic heterocycles. The number of hydrogen-bond donors (Lipinski definition) is 1. The van der Waals surface area contributed by atoms with Crippen LogP contribution in [0.2, 0.25) is 0 Å². The molecule has 0 atom stereocenters. The van der Waals surface area contributed by atoms with Gasteiger partial charge in [0.15, 0.2) is 0 Å². The number of benzene rings is 1. The fraction of sp³-hybridized carbons (Fsp3) is 0.500. The molecule has 0 spiro atoms. The Morgan fingerprint density at radius 2 is 2.00 bits per heavy atom. The van der Waals surface area contributed by atoms with Crippen molar-refractivity contribution in [3.63, 3.8) is 0 Å². The quantitative estimate of drug-likeness (QED) is 0.603. The van der Waals surface area contributed by atoms with E-state index in [9.17, 15) is 4.79 Å². The molecule has 2 N–H and O–H groups in total. The van der Waals surface area contributed by atoms with Crippen molar-refractivity contribution in [3.05, 3.63) is 35.9 Å². The van der Waals surface area contributed by atoms with Crippen LogP contribution < -0.4 is 5.73 Å². The average molecular weight is 233 g/mol. The van der Waals surface area contributed by atoms with Gasteiger partial charge in [-0.25, -0.2) is 0 Å². The number of rotatable bonds is 6. The fourth-order valence-electron chi connectivity index (χ4n) is 1.88. The molecule has 17 heavy (non-hydrogen) atoms. The summed E-state index contributed by atoms with van der Waals surface area (Å²) in [5.41, 5.74) is 6.52. The minimum Gasteiger partial charge on any atom is -0.465 e. The zero-order valence-electron chi connectivity index (χ0n) is 10.0. The first-order chi connectivity index (χ1) is 8.27. The van der Waals surface area contributed by atoms with Gasteiger partial charge in [0.1, 0.15) is 0 Å². The molecule has 1 aromatic carbocycles. The van der Waals surface area contributed by atoms with E-state index in [4.69, 9.17) is 10.5 Å². The Balaban J connectivity index is 1.65. The third kappa shape index (κ3) is 3.07. The Bertz CT molecular complexity index is 371. The zero-order valence-corrected chi connectivity index (χ0v) is 10.0. The van der Waals surface area contributed by atoms with Crippen molar-refractivity contribution in [1.82, 2.24) is 0 Å². The van der Waals surface area contributed by atoms with Crippen molar-refractivity contribution < 1.29 is 9.53 Å². The molecule has 0 radical (unpaired) electrons. The summed E-state index contributed by atoms with van der Waals surface area (Å²) in [5, 5.41) is 0. The second-order valence-corrected chi connectivity index (χ2v) is 4.71. The van der Waals surface area contributed by atoms with Crippen LogP contribution in [0.15, 0.2) is 30.3 Å². The Labute approximate surface area is 102 Å². The smallest absolute Gasteiger partial charge is 0.313 e. The van der Waals surface area contributed by atoms with Crippen LogP contribution in [0.4, 0.5) is 0 Å². The van der Waals surface area contributed by atoms with Gasteiger partial charge in [0, 0.05) is 6.54 Å². The monoisotopic (exact) mass is 233 g/mol. The molecule has 1 aliphatic rings. The second kappa shape index (κ2) is 5.32. The van der Waals surface area contributed by atoms with E-state index in [0.717, 1.165) is 25.7 Å². The fourth-order valence-corrected chi connectivity index (χ4v) is 1.88. The van der Waals surface area contributed by atoms with Crippen LogP contribution in [0.1, 0.15) is 24.8 Å². The van der Waals surface area contributed by atoms with Crippen LogP contribution in [-0.4, -0.2) is 19.1 Å². The molecule has 0 bridgehead atoms. The van der Waals surface area contributed by atoms with E-state index in [1.165, 1.54) is 5.56 Å². The molecule has 0 aromatic heterocycles. The summed E-state index contributed by atoms with van der Waals surface area (Å²) >= 11 is 0. The predicted octanol–water partition coefficient (Wildman–Crippen LogP) is 1.90. The lowest BCUT2D eigenvalue weighted by atomic mass is 10.1. The molecule has 0 unspecified atom stereocenters. The maximum atomic E-state index is 11.7. The lowest BCUT2D eigenvalue weighted by molar-refractivity contribution is -0.149. The molecular formula is C14H19NO2. The lowest BCUT2D eigenvalue weighted by Gasteiger charge is -2.11. The van der Waals surface area contributed by atoms with E-state index < -0.39 is 0 Å². The van der Waals surface area contributed by atoms with Gasteiger partial charge in [-0.2, -0.15) is 0 Å². The van der Waals surface area contributed by atoms with Gasteiger partial charge < -0.3 is 10.5 Å². The van der Waals surface area contributed by atoms with Crippen molar-refractivity contribution in [2.75, 3.05) is 13.2 Å². The van der Waals surface area contributed by atoms with Gasteiger partial charge in [-0.15, -0.1) is 0 Å². The maximum absolute atomic E-state index is 11.7. The van der Waals surface area contributed by atoms with Crippen LogP contribution in [0.25, 0.3) is 0 Å². The van der Waals surface area contributed by atoms with Gasteiger partial charge in [0.25, 0.3) is 0 Å². The van der Waals surface area contributed by atoms with Crippen molar-refractivity contribution in [1.29, 1.82) is 0 Å². The summed E-state index contributed by atoms with van der Waals surface area (Å²) in [6.07, 6.45) is 3.60. The zero-order chi connectivity index (χ0) is 12.1. The summed E-state index contributed by atoms with van der Waals surface area (Å²) in [4.78, 5) is 11.7. The predicted molar refractivity (Wildman–Crippen MR) is 66.4 cm³/mol. The van der Waals surface area contributed by atoms with Gasteiger partial charge in [0.05, 0.1) is 12.0 Å². The van der Waals surface area contributed by atoms with E-state index in [1.807, 2.05) is 18.2 Å². The van der Waals surface area contributed by atoms with E-state index in [0.29, 0.717) is 13.2 Å². The molecular weight excluding hydrogens is 214 g/mol. The largest absolute Gasteiger partial charge is 0.465 e. The van der Waals surface area contributed by atoms with Gasteiger partial charge >= 0.3 is 5.97 Å². The molecule has 1 aliphatic carbocycles. The van der Waals surface area contributed by atoms with E-state index in [-0.39, 0.29) is 11.4 Å². The molecule has 3 heteroatoms. The van der Waals surface area contributed by atoms with Crippen molar-refractivity contribution in [3.8, 4) is 0 Å². The van der Waals surface area contributed by atoms with E-state index in [2.05, 4.69) is 12.1 Å². The SMILES string of the molecule is NCC1(C(=O)OCCCc2ccccc2)CC1. The first-order valence-corrected chi connectivity index (χ1v) is 6.18. The summed E-state index contributed by atoms with van der Waals surface area (Å²) in [5.74, 6) is -0.104. The topological polar surface area (TPSA) is 52.3 Å². The van der Waals surface area contributed by atoms with Crippen LogP contribution in [0.5, 0.6) is 0 Å². The van der Waals surface area contributed by atoms with Crippen molar-refractivity contribution >= 4 is 5.97 Å². The summed E-state index contributed by atoms with van der Waals surface area (Å²) in [6, 6.07) is 10.2. The third-order valence-corrected chi connectivity index (χ3v) is 3.36. The number of hydrogen-bond acceptors (Lipinski definition) is 3. The minimum absolute atomic E-state index is 0.104. The lowest BCUT2D eigenvalue weighted by Crippen LogP contribution is -2.27. The third-order valence-electron chi connectivity index (χ3n) is 3.36.